The van der Waals surface area contributed by atoms with E-state index in [1.165, 1.54) is 13.8 Å². The molecule has 0 fully saturated rings. The summed E-state index contributed by atoms with van der Waals surface area (Å²) in [6.45, 7) is 5.90. The zero-order chi connectivity index (χ0) is 39.3. The number of fused-ring (bicyclic) bond motifs is 7. The van der Waals surface area contributed by atoms with Crippen molar-refractivity contribution in [1.82, 2.24) is 0 Å². The number of hydrogen-bond acceptors (Lipinski definition) is 13. The van der Waals surface area contributed by atoms with Gasteiger partial charge in [0.1, 0.15) is 16.9 Å². The van der Waals surface area contributed by atoms with Gasteiger partial charge in [0.2, 0.25) is 23.0 Å². The smallest absolute Gasteiger partial charge is 0.204 e. The fourth-order valence-electron chi connectivity index (χ4n) is 8.03. The number of phenols is 10. The van der Waals surface area contributed by atoms with Gasteiger partial charge in [-0.15, -0.1) is 0 Å². The van der Waals surface area contributed by atoms with Gasteiger partial charge in [0.25, 0.3) is 0 Å². The molecule has 2 aliphatic rings. The van der Waals surface area contributed by atoms with Crippen LogP contribution in [0.15, 0.2) is 84.0 Å². The monoisotopic (exact) mass is 734 g/mol. The van der Waals surface area contributed by atoms with Gasteiger partial charge in [0, 0.05) is 44.5 Å². The normalized spacial score (nSPS) is 16.0. The second-order valence-electron chi connectivity index (χ2n) is 13.3. The lowest BCUT2D eigenvalue weighted by Gasteiger charge is -2.33. The lowest BCUT2D eigenvalue weighted by molar-refractivity contribution is 0.322. The van der Waals surface area contributed by atoms with Crippen LogP contribution in [-0.2, 0) is 11.8 Å². The predicted molar refractivity (Wildman–Crippen MR) is 195 cm³/mol. The van der Waals surface area contributed by atoms with Crippen LogP contribution >= 0.6 is 0 Å². The molecule has 5 aromatic carbocycles. The molecule has 0 heterocycles. The summed E-state index contributed by atoms with van der Waals surface area (Å²) >= 11 is 0. The molecule has 0 bridgehead atoms. The quantitative estimate of drug-likeness (QED) is 0.0358. The third-order valence-corrected chi connectivity index (χ3v) is 10.5. The average molecular weight is 735 g/mol. The molecular formula is C41H34O13. The van der Waals surface area contributed by atoms with Crippen LogP contribution < -0.4 is 0 Å². The van der Waals surface area contributed by atoms with Crippen LogP contribution in [0.5, 0.6) is 57.5 Å². The number of allylic oxidation sites excluding steroid dienone is 3. The third-order valence-electron chi connectivity index (χ3n) is 10.5. The number of rotatable bonds is 6. The predicted octanol–water partition coefficient (Wildman–Crippen LogP) is 7.14. The maximum atomic E-state index is 12.8. The summed E-state index contributed by atoms with van der Waals surface area (Å²) in [6, 6.07) is 16.9. The maximum Gasteiger partial charge on any atom is 0.204 e. The molecule has 7 rings (SSSR count). The van der Waals surface area contributed by atoms with Gasteiger partial charge in [0.05, 0.1) is 0 Å². The van der Waals surface area contributed by atoms with Crippen molar-refractivity contribution in [2.45, 2.75) is 32.1 Å². The van der Waals surface area contributed by atoms with Gasteiger partial charge in [-0.25, -0.2) is 0 Å². The summed E-state index contributed by atoms with van der Waals surface area (Å²) in [6.07, 6.45) is -0.0962. The fraction of sp³-hybridized carbons (Fsp3) is 0.122. The Kier molecular flexibility index (Phi) is 7.73. The Morgan fingerprint density at radius 2 is 0.963 bits per heavy atom. The van der Waals surface area contributed by atoms with Gasteiger partial charge in [0.15, 0.2) is 40.3 Å². The van der Waals surface area contributed by atoms with E-state index in [-0.39, 0.29) is 40.7 Å². The highest BCUT2D eigenvalue weighted by Crippen LogP contribution is 2.73. The van der Waals surface area contributed by atoms with Gasteiger partial charge in [-0.05, 0) is 54.5 Å². The lowest BCUT2D eigenvalue weighted by atomic mass is 9.69. The molecule has 0 radical (unpaired) electrons. The number of aliphatic hydroxyl groups is 3. The second-order valence-corrected chi connectivity index (χ2v) is 13.3. The Morgan fingerprint density at radius 1 is 0.519 bits per heavy atom. The van der Waals surface area contributed by atoms with E-state index in [1.807, 2.05) is 54.6 Å². The summed E-state index contributed by atoms with van der Waals surface area (Å²) < 4.78 is 0. The van der Waals surface area contributed by atoms with E-state index in [1.54, 1.807) is 0 Å². The minimum absolute atomic E-state index is 0.118. The van der Waals surface area contributed by atoms with Crippen molar-refractivity contribution in [1.29, 1.82) is 0 Å². The van der Waals surface area contributed by atoms with Crippen LogP contribution in [0.25, 0.3) is 27.8 Å². The summed E-state index contributed by atoms with van der Waals surface area (Å²) in [4.78, 5) is 0. The molecule has 1 spiro atoms. The van der Waals surface area contributed by atoms with E-state index in [4.69, 9.17) is 0 Å². The molecule has 1 atom stereocenters. The zero-order valence-electron chi connectivity index (χ0n) is 28.6. The van der Waals surface area contributed by atoms with E-state index >= 15 is 0 Å². The SMILES string of the molecule is C=C(O)/C(O)=C(/CCc1ccc(-c2ccccc2)cc1)C1=C(O)C2(c3c(C)c(O)c(O)c(O)c31)c1c(C)c(O)c(O)c(O)c1-c1c(O)c(O)c(O)c(O)c12. The molecule has 0 amide bonds. The van der Waals surface area contributed by atoms with Crippen LogP contribution in [0.1, 0.15) is 45.4 Å². The van der Waals surface area contributed by atoms with Crippen LogP contribution in [-0.4, -0.2) is 66.4 Å². The topological polar surface area (TPSA) is 263 Å². The summed E-state index contributed by atoms with van der Waals surface area (Å²) in [5, 5.41) is 146. The van der Waals surface area contributed by atoms with Crippen molar-refractivity contribution in [3.05, 3.63) is 123 Å². The largest absolute Gasteiger partial charge is 0.510 e. The van der Waals surface area contributed by atoms with Gasteiger partial charge in [-0.1, -0.05) is 61.2 Å². The maximum absolute atomic E-state index is 12.8. The first kappa shape index (κ1) is 35.1. The molecule has 54 heavy (non-hydrogen) atoms. The van der Waals surface area contributed by atoms with Gasteiger partial charge in [-0.2, -0.15) is 0 Å². The van der Waals surface area contributed by atoms with Crippen LogP contribution in [0, 0.1) is 13.8 Å². The first-order chi connectivity index (χ1) is 25.5. The van der Waals surface area contributed by atoms with Crippen molar-refractivity contribution in [3.63, 3.8) is 0 Å². The highest BCUT2D eigenvalue weighted by Gasteiger charge is 2.61. The standard InChI is InChI=1S/C41H34O13/c1-15-26-23(32(46)36(50)29(15)43)22(21(31(45)17(3)42)14-11-18-9-12-20(13-10-18)19-7-5-4-6-8-19)40(54)41(26)27-16(2)30(44)37(51)33(47)24(27)25-28(41)35(49)39(53)38(52)34(25)48/h4-10,12-13,42-54H,3,11,14H2,1-2H3/b31-21+. The number of hydrogen-bond donors (Lipinski definition) is 13. The Morgan fingerprint density at radius 3 is 1.50 bits per heavy atom. The Bertz CT molecular complexity index is 2480. The number of benzene rings is 5. The summed E-state index contributed by atoms with van der Waals surface area (Å²) in [7, 11) is 0. The highest BCUT2D eigenvalue weighted by atomic mass is 16.4. The Labute approximate surface area is 306 Å². The lowest BCUT2D eigenvalue weighted by Crippen LogP contribution is -2.29. The fourth-order valence-corrected chi connectivity index (χ4v) is 8.03. The van der Waals surface area contributed by atoms with Crippen molar-refractivity contribution in [3.8, 4) is 79.7 Å². The Balaban J connectivity index is 1.59. The third kappa shape index (κ3) is 4.38. The molecule has 0 saturated carbocycles. The molecular weight excluding hydrogens is 700 g/mol. The van der Waals surface area contributed by atoms with Crippen molar-refractivity contribution in [2.75, 3.05) is 0 Å². The second kappa shape index (κ2) is 11.9. The minimum atomic E-state index is -2.57. The van der Waals surface area contributed by atoms with Crippen molar-refractivity contribution < 1.29 is 66.4 Å². The molecule has 0 aliphatic heterocycles. The summed E-state index contributed by atoms with van der Waals surface area (Å²) in [5.41, 5.74) is -4.37. The number of aromatic hydroxyl groups is 10. The molecule has 276 valence electrons. The van der Waals surface area contributed by atoms with Crippen LogP contribution in [0.4, 0.5) is 0 Å². The van der Waals surface area contributed by atoms with Gasteiger partial charge in [-0.3, -0.25) is 0 Å². The van der Waals surface area contributed by atoms with E-state index < -0.39 is 108 Å². The van der Waals surface area contributed by atoms with Crippen LogP contribution in [0.2, 0.25) is 0 Å². The van der Waals surface area contributed by atoms with Gasteiger partial charge < -0.3 is 66.4 Å². The van der Waals surface area contributed by atoms with Crippen LogP contribution in [0.3, 0.4) is 0 Å². The molecule has 1 unspecified atom stereocenters. The number of aryl methyl sites for hydroxylation is 1. The zero-order valence-corrected chi connectivity index (χ0v) is 28.6. The first-order valence-electron chi connectivity index (χ1n) is 16.4. The highest BCUT2D eigenvalue weighted by molar-refractivity contribution is 6.06. The number of phenolic OH excluding ortho intramolecular Hbond substituents is 10. The first-order valence-corrected chi connectivity index (χ1v) is 16.4. The molecule has 5 aromatic rings. The minimum Gasteiger partial charge on any atom is -0.510 e. The molecule has 13 N–H and O–H groups in total. The molecule has 0 aromatic heterocycles. The Hall–Kier alpha value is -7.28. The molecule has 13 nitrogen and oxygen atoms in total. The molecule has 2 aliphatic carbocycles. The molecule has 0 saturated heterocycles. The number of aliphatic hydroxyl groups excluding tert-OH is 3. The summed E-state index contributed by atoms with van der Waals surface area (Å²) in [5.74, 6) is -13.7. The van der Waals surface area contributed by atoms with Gasteiger partial charge >= 0.3 is 0 Å². The van der Waals surface area contributed by atoms with Crippen molar-refractivity contribution >= 4 is 5.57 Å². The molecule has 13 heteroatoms. The van der Waals surface area contributed by atoms with E-state index in [9.17, 15) is 66.4 Å². The van der Waals surface area contributed by atoms with E-state index in [0.29, 0.717) is 5.56 Å². The average Bonchev–Trinajstić information content (AvgIpc) is 3.63. The van der Waals surface area contributed by atoms with Crippen molar-refractivity contribution in [2.24, 2.45) is 0 Å². The van der Waals surface area contributed by atoms with E-state index in [0.717, 1.165) is 11.1 Å². The van der Waals surface area contributed by atoms with E-state index in [2.05, 4.69) is 6.58 Å².